The highest BCUT2D eigenvalue weighted by Crippen LogP contribution is 2.38. The van der Waals surface area contributed by atoms with E-state index in [-0.39, 0.29) is 5.54 Å². The highest BCUT2D eigenvalue weighted by molar-refractivity contribution is 4.97. The van der Waals surface area contributed by atoms with Crippen molar-refractivity contribution >= 4 is 0 Å². The van der Waals surface area contributed by atoms with Crippen LogP contribution in [0.3, 0.4) is 0 Å². The Morgan fingerprint density at radius 1 is 1.11 bits per heavy atom. The lowest BCUT2D eigenvalue weighted by atomic mass is 9.69. The van der Waals surface area contributed by atoms with Gasteiger partial charge in [-0.25, -0.2) is 0 Å². The molecule has 0 bridgehead atoms. The zero-order valence-electron chi connectivity index (χ0n) is 13.9. The molecule has 0 heterocycles. The molecule has 0 aliphatic heterocycles. The Kier molecular flexibility index (Phi) is 6.28. The van der Waals surface area contributed by atoms with Crippen molar-refractivity contribution in [2.75, 3.05) is 13.1 Å². The molecular weight excluding hydrogens is 234 g/mol. The van der Waals surface area contributed by atoms with Crippen LogP contribution in [0.4, 0.5) is 0 Å². The number of rotatable bonds is 6. The molecule has 3 nitrogen and oxygen atoms in total. The number of nitrogens with two attached hydrogens (primary N) is 1. The van der Waals surface area contributed by atoms with Crippen LogP contribution >= 0.6 is 0 Å². The topological polar surface area (TPSA) is 41.3 Å². The predicted octanol–water partition coefficient (Wildman–Crippen LogP) is 3.01. The maximum Gasteiger partial charge on any atom is 0.0417 e. The van der Waals surface area contributed by atoms with E-state index in [0.29, 0.717) is 12.0 Å². The Morgan fingerprint density at radius 3 is 1.95 bits per heavy atom. The van der Waals surface area contributed by atoms with Crippen molar-refractivity contribution in [1.82, 2.24) is 10.3 Å². The first kappa shape index (κ1) is 16.9. The molecule has 0 radical (unpaired) electrons. The van der Waals surface area contributed by atoms with Crippen molar-refractivity contribution in [2.45, 2.75) is 72.4 Å². The van der Waals surface area contributed by atoms with Gasteiger partial charge in [-0.05, 0) is 64.0 Å². The van der Waals surface area contributed by atoms with Crippen LogP contribution in [0, 0.1) is 17.8 Å². The maximum atomic E-state index is 5.95. The Hall–Kier alpha value is -0.120. The summed E-state index contributed by atoms with van der Waals surface area (Å²) in [4.78, 5) is 2.53. The molecule has 1 aliphatic carbocycles. The summed E-state index contributed by atoms with van der Waals surface area (Å²) in [5.41, 5.74) is 3.27. The fourth-order valence-electron chi connectivity index (χ4n) is 4.43. The summed E-state index contributed by atoms with van der Waals surface area (Å²) < 4.78 is 0. The summed E-state index contributed by atoms with van der Waals surface area (Å²) in [6.07, 6.45) is 3.99. The van der Waals surface area contributed by atoms with Gasteiger partial charge in [0, 0.05) is 11.6 Å². The van der Waals surface area contributed by atoms with Gasteiger partial charge in [0.15, 0.2) is 0 Å². The zero-order chi connectivity index (χ0) is 14.6. The summed E-state index contributed by atoms with van der Waals surface area (Å²) in [6.45, 7) is 16.1. The van der Waals surface area contributed by atoms with Gasteiger partial charge < -0.3 is 0 Å². The molecule has 1 aliphatic rings. The molecule has 3 atom stereocenters. The molecule has 0 spiro atoms. The lowest BCUT2D eigenvalue weighted by molar-refractivity contribution is 0.0401. The predicted molar refractivity (Wildman–Crippen MR) is 83.8 cm³/mol. The van der Waals surface area contributed by atoms with E-state index in [2.05, 4.69) is 51.9 Å². The van der Waals surface area contributed by atoms with Crippen molar-refractivity contribution in [3.8, 4) is 0 Å². The Labute approximate surface area is 120 Å². The highest BCUT2D eigenvalue weighted by atomic mass is 15.3. The normalized spacial score (nSPS) is 30.6. The average molecular weight is 269 g/mol. The molecule has 0 aromatic carbocycles. The number of hydrazine groups is 1. The fraction of sp³-hybridized carbons (Fsp3) is 1.00. The van der Waals surface area contributed by atoms with Gasteiger partial charge in [0.05, 0.1) is 0 Å². The second-order valence-corrected chi connectivity index (χ2v) is 7.15. The van der Waals surface area contributed by atoms with E-state index in [4.69, 9.17) is 5.84 Å². The summed E-state index contributed by atoms with van der Waals surface area (Å²) in [5, 5.41) is 0. The monoisotopic (exact) mass is 269 g/mol. The quantitative estimate of drug-likeness (QED) is 0.575. The van der Waals surface area contributed by atoms with E-state index in [1.165, 1.54) is 19.3 Å². The smallest absolute Gasteiger partial charge is 0.0417 e. The third-order valence-electron chi connectivity index (χ3n) is 5.21. The molecule has 1 fully saturated rings. The van der Waals surface area contributed by atoms with Crippen LogP contribution in [0.2, 0.25) is 0 Å². The third kappa shape index (κ3) is 3.93. The molecule has 0 saturated heterocycles. The minimum absolute atomic E-state index is 0.111. The van der Waals surface area contributed by atoms with Gasteiger partial charge in [-0.1, -0.05) is 27.7 Å². The molecule has 114 valence electrons. The number of nitrogens with zero attached hydrogens (tertiary/aromatic N) is 1. The van der Waals surface area contributed by atoms with Gasteiger partial charge in [0.25, 0.3) is 0 Å². The minimum atomic E-state index is 0.111. The number of hydrogen-bond donors (Lipinski definition) is 2. The van der Waals surface area contributed by atoms with Gasteiger partial charge >= 0.3 is 0 Å². The van der Waals surface area contributed by atoms with E-state index in [1.807, 2.05) is 0 Å². The molecule has 19 heavy (non-hydrogen) atoms. The third-order valence-corrected chi connectivity index (χ3v) is 5.21. The standard InChI is InChI=1S/C16H35N3/c1-7-19(8-2)16(5,6)15(18-17)14-10-12(3)9-13(4)11-14/h12-15,18H,7-11,17H2,1-6H3. The van der Waals surface area contributed by atoms with Crippen LogP contribution < -0.4 is 11.3 Å². The van der Waals surface area contributed by atoms with Crippen LogP contribution in [0.25, 0.3) is 0 Å². The van der Waals surface area contributed by atoms with E-state index < -0.39 is 0 Å². The van der Waals surface area contributed by atoms with Gasteiger partial charge in [-0.15, -0.1) is 0 Å². The summed E-state index contributed by atoms with van der Waals surface area (Å²) >= 11 is 0. The Balaban J connectivity index is 2.86. The van der Waals surface area contributed by atoms with E-state index in [1.54, 1.807) is 0 Å². The lowest BCUT2D eigenvalue weighted by Gasteiger charge is -2.48. The maximum absolute atomic E-state index is 5.95. The fourth-order valence-corrected chi connectivity index (χ4v) is 4.43. The molecule has 3 unspecified atom stereocenters. The molecule has 1 saturated carbocycles. The second-order valence-electron chi connectivity index (χ2n) is 7.15. The first-order chi connectivity index (χ1) is 8.86. The minimum Gasteiger partial charge on any atom is -0.297 e. The van der Waals surface area contributed by atoms with Crippen molar-refractivity contribution in [1.29, 1.82) is 0 Å². The Morgan fingerprint density at radius 2 is 1.58 bits per heavy atom. The molecule has 3 N–H and O–H groups in total. The Bertz CT molecular complexity index is 251. The van der Waals surface area contributed by atoms with E-state index >= 15 is 0 Å². The van der Waals surface area contributed by atoms with Crippen molar-refractivity contribution in [3.63, 3.8) is 0 Å². The molecule has 0 amide bonds. The molecule has 3 heteroatoms. The largest absolute Gasteiger partial charge is 0.297 e. The second kappa shape index (κ2) is 7.05. The van der Waals surface area contributed by atoms with Crippen LogP contribution in [0.15, 0.2) is 0 Å². The van der Waals surface area contributed by atoms with Gasteiger partial charge in [0.2, 0.25) is 0 Å². The van der Waals surface area contributed by atoms with Gasteiger partial charge in [0.1, 0.15) is 0 Å². The number of hydrogen-bond acceptors (Lipinski definition) is 3. The number of nitrogens with one attached hydrogen (secondary N) is 1. The van der Waals surface area contributed by atoms with E-state index in [0.717, 1.165) is 24.9 Å². The van der Waals surface area contributed by atoms with Gasteiger partial charge in [-0.2, -0.15) is 0 Å². The van der Waals surface area contributed by atoms with Crippen LogP contribution in [0.1, 0.15) is 60.8 Å². The van der Waals surface area contributed by atoms with Crippen LogP contribution in [-0.2, 0) is 0 Å². The first-order valence-corrected chi connectivity index (χ1v) is 8.07. The van der Waals surface area contributed by atoms with Gasteiger partial charge in [-0.3, -0.25) is 16.2 Å². The molecule has 1 rings (SSSR count). The highest BCUT2D eigenvalue weighted by Gasteiger charge is 2.40. The summed E-state index contributed by atoms with van der Waals surface area (Å²) in [7, 11) is 0. The van der Waals surface area contributed by atoms with Crippen molar-refractivity contribution in [2.24, 2.45) is 23.6 Å². The van der Waals surface area contributed by atoms with Crippen molar-refractivity contribution < 1.29 is 0 Å². The van der Waals surface area contributed by atoms with Crippen LogP contribution in [0.5, 0.6) is 0 Å². The first-order valence-electron chi connectivity index (χ1n) is 8.07. The molecule has 0 aromatic heterocycles. The summed E-state index contributed by atoms with van der Waals surface area (Å²) in [6, 6.07) is 0.373. The SMILES string of the molecule is CCN(CC)C(C)(C)C(NN)C1CC(C)CC(C)C1. The number of likely N-dealkylation sites (N-methyl/N-ethyl adjacent to an activating group) is 1. The molecule has 0 aromatic rings. The summed E-state index contributed by atoms with van der Waals surface area (Å²) in [5.74, 6) is 8.31. The van der Waals surface area contributed by atoms with E-state index in [9.17, 15) is 0 Å². The van der Waals surface area contributed by atoms with Crippen molar-refractivity contribution in [3.05, 3.63) is 0 Å². The lowest BCUT2D eigenvalue weighted by Crippen LogP contribution is -2.62. The molecular formula is C16H35N3. The van der Waals surface area contributed by atoms with Crippen LogP contribution in [-0.4, -0.2) is 29.6 Å². The zero-order valence-corrected chi connectivity index (χ0v) is 13.9. The average Bonchev–Trinajstić information content (AvgIpc) is 2.29.